The van der Waals surface area contributed by atoms with E-state index < -0.39 is 0 Å². The number of nitrogens with two attached hydrogens (primary N) is 1. The lowest BCUT2D eigenvalue weighted by Gasteiger charge is -2.16. The molecule has 1 unspecified atom stereocenters. The quantitative estimate of drug-likeness (QED) is 0.923. The van der Waals surface area contributed by atoms with E-state index in [-0.39, 0.29) is 6.04 Å². The molecule has 1 atom stereocenters. The van der Waals surface area contributed by atoms with Gasteiger partial charge in [0.2, 0.25) is 0 Å². The number of hydrogen-bond donors (Lipinski definition) is 1. The summed E-state index contributed by atoms with van der Waals surface area (Å²) < 4.78 is 0. The molecule has 2 rings (SSSR count). The van der Waals surface area contributed by atoms with Crippen LogP contribution in [0.25, 0.3) is 0 Å². The van der Waals surface area contributed by atoms with Gasteiger partial charge in [0.1, 0.15) is 0 Å². The highest BCUT2D eigenvalue weighted by Crippen LogP contribution is 2.24. The fraction of sp³-hybridized carbons (Fsp3) is 0.294. The molecule has 0 heterocycles. The summed E-state index contributed by atoms with van der Waals surface area (Å²) >= 11 is 6.27. The first-order chi connectivity index (χ1) is 9.47. The highest BCUT2D eigenvalue weighted by Gasteiger charge is 2.10. The Balaban J connectivity index is 2.13. The second-order valence-corrected chi connectivity index (χ2v) is 5.80. The lowest BCUT2D eigenvalue weighted by atomic mass is 9.98. The van der Waals surface area contributed by atoms with Crippen molar-refractivity contribution in [2.24, 2.45) is 5.73 Å². The van der Waals surface area contributed by atoms with Crippen molar-refractivity contribution in [1.29, 1.82) is 0 Å². The Kier molecular flexibility index (Phi) is 4.69. The van der Waals surface area contributed by atoms with Crippen LogP contribution in [0.4, 0.5) is 5.69 Å². The van der Waals surface area contributed by atoms with Crippen molar-refractivity contribution in [3.63, 3.8) is 0 Å². The minimum Gasteiger partial charge on any atom is -0.378 e. The minimum absolute atomic E-state index is 0.0357. The van der Waals surface area contributed by atoms with Gasteiger partial charge in [-0.2, -0.15) is 0 Å². The summed E-state index contributed by atoms with van der Waals surface area (Å²) in [5, 5.41) is 0.797. The first-order valence-electron chi connectivity index (χ1n) is 6.75. The fourth-order valence-electron chi connectivity index (χ4n) is 2.19. The Bertz CT molecular complexity index is 576. The van der Waals surface area contributed by atoms with Crippen molar-refractivity contribution in [2.75, 3.05) is 19.0 Å². The van der Waals surface area contributed by atoms with Crippen molar-refractivity contribution < 1.29 is 0 Å². The van der Waals surface area contributed by atoms with Gasteiger partial charge in [0.15, 0.2) is 0 Å². The average Bonchev–Trinajstić information content (AvgIpc) is 2.42. The zero-order chi connectivity index (χ0) is 14.7. The second kappa shape index (κ2) is 6.29. The van der Waals surface area contributed by atoms with Gasteiger partial charge in [0.25, 0.3) is 0 Å². The summed E-state index contributed by atoms with van der Waals surface area (Å²) in [7, 11) is 4.06. The lowest BCUT2D eigenvalue weighted by molar-refractivity contribution is 0.722. The maximum absolute atomic E-state index is 6.29. The summed E-state index contributed by atoms with van der Waals surface area (Å²) in [6, 6.07) is 14.4. The molecule has 20 heavy (non-hydrogen) atoms. The van der Waals surface area contributed by atoms with E-state index in [1.807, 2.05) is 27.1 Å². The summed E-state index contributed by atoms with van der Waals surface area (Å²) in [5.41, 5.74) is 10.9. The van der Waals surface area contributed by atoms with E-state index >= 15 is 0 Å². The third-order valence-electron chi connectivity index (χ3n) is 3.49. The van der Waals surface area contributed by atoms with Crippen LogP contribution in [0, 0.1) is 6.92 Å². The molecule has 0 aliphatic carbocycles. The van der Waals surface area contributed by atoms with E-state index in [4.69, 9.17) is 17.3 Å². The highest BCUT2D eigenvalue weighted by molar-refractivity contribution is 6.31. The largest absolute Gasteiger partial charge is 0.378 e. The zero-order valence-electron chi connectivity index (χ0n) is 12.2. The number of rotatable bonds is 4. The highest BCUT2D eigenvalue weighted by atomic mass is 35.5. The summed E-state index contributed by atoms with van der Waals surface area (Å²) in [4.78, 5) is 2.08. The molecule has 3 heteroatoms. The number of nitrogens with zero attached hydrogens (tertiary/aromatic N) is 1. The lowest BCUT2D eigenvalue weighted by Crippen LogP contribution is -2.14. The Hall–Kier alpha value is -1.51. The Morgan fingerprint density at radius 1 is 1.10 bits per heavy atom. The van der Waals surface area contributed by atoms with Gasteiger partial charge < -0.3 is 10.6 Å². The van der Waals surface area contributed by atoms with Crippen LogP contribution in [-0.2, 0) is 6.42 Å². The van der Waals surface area contributed by atoms with Crippen molar-refractivity contribution in [3.8, 4) is 0 Å². The molecule has 0 saturated carbocycles. The smallest absolute Gasteiger partial charge is 0.0441 e. The Morgan fingerprint density at radius 3 is 2.30 bits per heavy atom. The third kappa shape index (κ3) is 3.53. The average molecular weight is 289 g/mol. The van der Waals surface area contributed by atoms with E-state index in [1.54, 1.807) is 0 Å². The van der Waals surface area contributed by atoms with Crippen LogP contribution in [0.5, 0.6) is 0 Å². The van der Waals surface area contributed by atoms with Crippen molar-refractivity contribution in [2.45, 2.75) is 19.4 Å². The monoisotopic (exact) mass is 288 g/mol. The van der Waals surface area contributed by atoms with Gasteiger partial charge in [-0.05, 0) is 48.2 Å². The number of aryl methyl sites for hydroxylation is 1. The molecule has 0 aliphatic rings. The van der Waals surface area contributed by atoms with Crippen LogP contribution in [0.2, 0.25) is 5.02 Å². The van der Waals surface area contributed by atoms with Crippen LogP contribution >= 0.6 is 11.6 Å². The molecule has 0 fully saturated rings. The minimum atomic E-state index is -0.0357. The topological polar surface area (TPSA) is 29.3 Å². The molecule has 0 aliphatic heterocycles. The standard InChI is InChI=1S/C17H21ClN2/c1-12-4-5-14(16(18)10-12)11-17(19)13-6-8-15(9-7-13)20(2)3/h4-10,17H,11,19H2,1-3H3. The third-order valence-corrected chi connectivity index (χ3v) is 3.84. The second-order valence-electron chi connectivity index (χ2n) is 5.39. The maximum atomic E-state index is 6.29. The molecule has 0 bridgehead atoms. The molecule has 0 saturated heterocycles. The van der Waals surface area contributed by atoms with E-state index in [2.05, 4.69) is 41.3 Å². The molecule has 106 valence electrons. The van der Waals surface area contributed by atoms with Gasteiger partial charge in [-0.3, -0.25) is 0 Å². The van der Waals surface area contributed by atoms with E-state index in [0.29, 0.717) is 0 Å². The van der Waals surface area contributed by atoms with Crippen molar-refractivity contribution in [1.82, 2.24) is 0 Å². The van der Waals surface area contributed by atoms with Gasteiger partial charge >= 0.3 is 0 Å². The van der Waals surface area contributed by atoms with Crippen LogP contribution in [0.1, 0.15) is 22.7 Å². The van der Waals surface area contributed by atoms with Gasteiger partial charge in [-0.25, -0.2) is 0 Å². The van der Waals surface area contributed by atoms with Crippen molar-refractivity contribution in [3.05, 3.63) is 64.2 Å². The molecular weight excluding hydrogens is 268 g/mol. The number of benzene rings is 2. The zero-order valence-corrected chi connectivity index (χ0v) is 13.0. The normalized spacial score (nSPS) is 12.2. The van der Waals surface area contributed by atoms with Gasteiger partial charge in [-0.15, -0.1) is 0 Å². The molecule has 2 nitrogen and oxygen atoms in total. The van der Waals surface area contributed by atoms with Gasteiger partial charge in [0.05, 0.1) is 0 Å². The van der Waals surface area contributed by atoms with E-state index in [9.17, 15) is 0 Å². The Morgan fingerprint density at radius 2 is 1.75 bits per heavy atom. The molecule has 0 spiro atoms. The van der Waals surface area contributed by atoms with Crippen LogP contribution in [-0.4, -0.2) is 14.1 Å². The van der Waals surface area contributed by atoms with Gasteiger partial charge in [-0.1, -0.05) is 35.9 Å². The maximum Gasteiger partial charge on any atom is 0.0441 e. The van der Waals surface area contributed by atoms with Crippen LogP contribution in [0.3, 0.4) is 0 Å². The predicted molar refractivity (Wildman–Crippen MR) is 87.6 cm³/mol. The van der Waals surface area contributed by atoms with E-state index in [1.165, 1.54) is 11.3 Å². The molecule has 2 aromatic rings. The first kappa shape index (κ1) is 14.9. The van der Waals surface area contributed by atoms with Crippen LogP contribution in [0.15, 0.2) is 42.5 Å². The number of halogens is 1. The fourth-order valence-corrected chi connectivity index (χ4v) is 2.50. The summed E-state index contributed by atoms with van der Waals surface area (Å²) in [6.07, 6.45) is 0.750. The molecule has 2 N–H and O–H groups in total. The molecule has 2 aromatic carbocycles. The van der Waals surface area contributed by atoms with Gasteiger partial charge in [0, 0.05) is 30.8 Å². The molecule has 0 radical (unpaired) electrons. The first-order valence-corrected chi connectivity index (χ1v) is 7.13. The van der Waals surface area contributed by atoms with Crippen molar-refractivity contribution >= 4 is 17.3 Å². The molecular formula is C17H21ClN2. The molecule has 0 amide bonds. The summed E-state index contributed by atoms with van der Waals surface area (Å²) in [5.74, 6) is 0. The van der Waals surface area contributed by atoms with E-state index in [0.717, 1.165) is 22.6 Å². The Labute approximate surface area is 126 Å². The van der Waals surface area contributed by atoms with Crippen LogP contribution < -0.4 is 10.6 Å². The number of anilines is 1. The summed E-state index contributed by atoms with van der Waals surface area (Å²) in [6.45, 7) is 2.04. The SMILES string of the molecule is Cc1ccc(CC(N)c2ccc(N(C)C)cc2)c(Cl)c1. The molecule has 0 aromatic heterocycles. The number of hydrogen-bond acceptors (Lipinski definition) is 2. The predicted octanol–water partition coefficient (Wildman–Crippen LogP) is 3.96.